The van der Waals surface area contributed by atoms with Crippen LogP contribution in [0.3, 0.4) is 0 Å². The van der Waals surface area contributed by atoms with E-state index >= 15 is 0 Å². The van der Waals surface area contributed by atoms with Crippen LogP contribution in [0.4, 0.5) is 0 Å². The van der Waals surface area contributed by atoms with Crippen molar-refractivity contribution >= 4 is 5.96 Å². The highest BCUT2D eigenvalue weighted by molar-refractivity contribution is 5.79. The molecule has 6 nitrogen and oxygen atoms in total. The summed E-state index contributed by atoms with van der Waals surface area (Å²) in [5, 5.41) is 16.2. The summed E-state index contributed by atoms with van der Waals surface area (Å²) in [6.07, 6.45) is 5.40. The van der Waals surface area contributed by atoms with Crippen molar-refractivity contribution in [1.82, 2.24) is 10.6 Å². The Morgan fingerprint density at radius 2 is 2.00 bits per heavy atom. The van der Waals surface area contributed by atoms with Crippen LogP contribution in [0.2, 0.25) is 0 Å². The van der Waals surface area contributed by atoms with Crippen molar-refractivity contribution < 1.29 is 14.6 Å². The van der Waals surface area contributed by atoms with Crippen LogP contribution in [0.5, 0.6) is 0 Å². The molecule has 2 aliphatic rings. The number of aliphatic hydroxyl groups excluding tert-OH is 1. The Bertz CT molecular complexity index is 391. The minimum atomic E-state index is 0.00331. The van der Waals surface area contributed by atoms with Crippen molar-refractivity contribution in [2.75, 3.05) is 52.7 Å². The molecule has 0 aromatic rings. The number of nitrogens with one attached hydrogen (secondary N) is 2. The van der Waals surface area contributed by atoms with Gasteiger partial charge in [-0.15, -0.1) is 0 Å². The third-order valence-corrected chi connectivity index (χ3v) is 5.31. The van der Waals surface area contributed by atoms with Gasteiger partial charge in [-0.25, -0.2) is 0 Å². The van der Waals surface area contributed by atoms with Gasteiger partial charge in [0.15, 0.2) is 5.96 Å². The monoisotopic (exact) mass is 341 g/mol. The molecule has 2 fully saturated rings. The maximum Gasteiger partial charge on any atom is 0.191 e. The normalized spacial score (nSPS) is 25.7. The van der Waals surface area contributed by atoms with Crippen LogP contribution in [-0.4, -0.2) is 63.7 Å². The van der Waals surface area contributed by atoms with Gasteiger partial charge in [-0.05, 0) is 51.4 Å². The van der Waals surface area contributed by atoms with Crippen molar-refractivity contribution in [3.63, 3.8) is 0 Å². The van der Waals surface area contributed by atoms with Crippen molar-refractivity contribution in [3.8, 4) is 0 Å². The van der Waals surface area contributed by atoms with E-state index in [1.165, 1.54) is 12.8 Å². The van der Waals surface area contributed by atoms with Crippen LogP contribution in [0.1, 0.15) is 46.0 Å². The molecular formula is C18H35N3O3. The fourth-order valence-electron chi connectivity index (χ4n) is 3.27. The summed E-state index contributed by atoms with van der Waals surface area (Å²) in [4.78, 5) is 4.79. The number of hydrogen-bond acceptors (Lipinski definition) is 4. The second-order valence-electron chi connectivity index (χ2n) is 7.27. The van der Waals surface area contributed by atoms with Gasteiger partial charge < -0.3 is 25.2 Å². The lowest BCUT2D eigenvalue weighted by molar-refractivity contribution is 0.128. The molecule has 0 aromatic heterocycles. The van der Waals surface area contributed by atoms with Gasteiger partial charge in [0.25, 0.3) is 0 Å². The molecule has 140 valence electrons. The molecule has 0 bridgehead atoms. The molecule has 24 heavy (non-hydrogen) atoms. The first-order valence-electron chi connectivity index (χ1n) is 9.46. The lowest BCUT2D eigenvalue weighted by Gasteiger charge is -2.25. The zero-order chi connectivity index (χ0) is 17.3. The summed E-state index contributed by atoms with van der Waals surface area (Å²) in [5.41, 5.74) is 0.397. The lowest BCUT2D eigenvalue weighted by Crippen LogP contribution is -2.41. The van der Waals surface area contributed by atoms with E-state index in [0.29, 0.717) is 18.6 Å². The fraction of sp³-hybridized carbons (Fsp3) is 0.944. The Labute approximate surface area is 146 Å². The number of guanidine groups is 1. The van der Waals surface area contributed by atoms with E-state index < -0.39 is 0 Å². The molecule has 1 atom stereocenters. The van der Waals surface area contributed by atoms with Gasteiger partial charge in [-0.2, -0.15) is 0 Å². The maximum atomic E-state index is 9.33. The van der Waals surface area contributed by atoms with Crippen molar-refractivity contribution in [2.24, 2.45) is 15.8 Å². The predicted molar refractivity (Wildman–Crippen MR) is 96.3 cm³/mol. The lowest BCUT2D eigenvalue weighted by atomic mass is 9.84. The third kappa shape index (κ3) is 5.90. The van der Waals surface area contributed by atoms with Gasteiger partial charge in [0.05, 0.1) is 13.2 Å². The first-order valence-corrected chi connectivity index (χ1v) is 9.46. The second kappa shape index (κ2) is 9.59. The average Bonchev–Trinajstić information content (AvgIpc) is 3.20. The van der Waals surface area contributed by atoms with E-state index in [4.69, 9.17) is 14.5 Å². The van der Waals surface area contributed by atoms with Crippen LogP contribution in [0, 0.1) is 10.8 Å². The molecule has 1 heterocycles. The summed E-state index contributed by atoms with van der Waals surface area (Å²) in [5.74, 6) is 0.879. The van der Waals surface area contributed by atoms with Crippen molar-refractivity contribution in [2.45, 2.75) is 46.0 Å². The minimum Gasteiger partial charge on any atom is -0.396 e. The molecule has 1 saturated heterocycles. The first-order chi connectivity index (χ1) is 11.7. The molecule has 1 saturated carbocycles. The Kier molecular flexibility index (Phi) is 7.78. The van der Waals surface area contributed by atoms with Gasteiger partial charge >= 0.3 is 0 Å². The smallest absolute Gasteiger partial charge is 0.191 e. The van der Waals surface area contributed by atoms with E-state index in [2.05, 4.69) is 17.6 Å². The zero-order valence-corrected chi connectivity index (χ0v) is 15.4. The average molecular weight is 341 g/mol. The molecule has 1 aliphatic heterocycles. The number of aliphatic imine (C=N–C) groups is 1. The number of rotatable bonds is 11. The summed E-state index contributed by atoms with van der Waals surface area (Å²) < 4.78 is 11.1. The summed E-state index contributed by atoms with van der Waals surface area (Å²) >= 11 is 0. The van der Waals surface area contributed by atoms with E-state index in [1.807, 2.05) is 6.92 Å². The Hall–Kier alpha value is -0.850. The van der Waals surface area contributed by atoms with Crippen LogP contribution in [0.25, 0.3) is 0 Å². The van der Waals surface area contributed by atoms with E-state index in [1.54, 1.807) is 0 Å². The Morgan fingerprint density at radius 3 is 2.58 bits per heavy atom. The Balaban J connectivity index is 1.84. The molecule has 6 heteroatoms. The van der Waals surface area contributed by atoms with E-state index in [-0.39, 0.29) is 12.0 Å². The van der Waals surface area contributed by atoms with Crippen LogP contribution in [0.15, 0.2) is 4.99 Å². The molecule has 2 rings (SSSR count). The van der Waals surface area contributed by atoms with Gasteiger partial charge in [0.2, 0.25) is 0 Å². The van der Waals surface area contributed by atoms with Gasteiger partial charge in [0, 0.05) is 44.9 Å². The van der Waals surface area contributed by atoms with Crippen molar-refractivity contribution in [1.29, 1.82) is 0 Å². The van der Waals surface area contributed by atoms with E-state index in [9.17, 15) is 5.11 Å². The van der Waals surface area contributed by atoms with Gasteiger partial charge in [0.1, 0.15) is 0 Å². The number of aliphatic hydroxyl groups is 1. The highest BCUT2D eigenvalue weighted by Gasteiger charge is 2.42. The quantitative estimate of drug-likeness (QED) is 0.302. The topological polar surface area (TPSA) is 75.1 Å². The molecule has 1 aliphatic carbocycles. The molecule has 3 N–H and O–H groups in total. The fourth-order valence-corrected chi connectivity index (χ4v) is 3.27. The minimum absolute atomic E-state index is 0.00331. The predicted octanol–water partition coefficient (Wildman–Crippen LogP) is 1.54. The highest BCUT2D eigenvalue weighted by atomic mass is 16.5. The maximum absolute atomic E-state index is 9.33. The van der Waals surface area contributed by atoms with Gasteiger partial charge in [-0.1, -0.05) is 0 Å². The molecule has 0 amide bonds. The molecule has 0 aromatic carbocycles. The van der Waals surface area contributed by atoms with Crippen LogP contribution >= 0.6 is 0 Å². The third-order valence-electron chi connectivity index (χ3n) is 5.31. The summed E-state index contributed by atoms with van der Waals surface area (Å²) in [6.45, 7) is 9.96. The first kappa shape index (κ1) is 19.5. The summed E-state index contributed by atoms with van der Waals surface area (Å²) in [7, 11) is 0. The molecule has 0 radical (unpaired) electrons. The SMILES string of the molecule is CCNC(=NCC1(CCO)CCOC1)NCC1(CCOCC)CC1. The van der Waals surface area contributed by atoms with Crippen molar-refractivity contribution in [3.05, 3.63) is 0 Å². The second-order valence-corrected chi connectivity index (χ2v) is 7.27. The highest BCUT2D eigenvalue weighted by Crippen LogP contribution is 2.48. The number of nitrogens with zero attached hydrogens (tertiary/aromatic N) is 1. The molecular weight excluding hydrogens is 306 g/mol. The molecule has 1 unspecified atom stereocenters. The largest absolute Gasteiger partial charge is 0.396 e. The van der Waals surface area contributed by atoms with Crippen LogP contribution < -0.4 is 10.6 Å². The Morgan fingerprint density at radius 1 is 1.17 bits per heavy atom. The van der Waals surface area contributed by atoms with E-state index in [0.717, 1.165) is 58.1 Å². The standard InChI is InChI=1S/C18H35N3O3/c1-3-19-16(20-13-17(5-6-17)8-11-23-4-2)21-14-18(7-10-22)9-12-24-15-18/h22H,3-15H2,1-2H3,(H2,19,20,21). The zero-order valence-electron chi connectivity index (χ0n) is 15.4. The number of hydrogen-bond donors (Lipinski definition) is 3. The van der Waals surface area contributed by atoms with Crippen LogP contribution in [-0.2, 0) is 9.47 Å². The molecule has 0 spiro atoms. The summed E-state index contributed by atoms with van der Waals surface area (Å²) in [6, 6.07) is 0. The van der Waals surface area contributed by atoms with Gasteiger partial charge in [-0.3, -0.25) is 4.99 Å². The number of ether oxygens (including phenoxy) is 2.